The molecule has 1 N–H and O–H groups in total. The Morgan fingerprint density at radius 2 is 2.20 bits per heavy atom. The summed E-state index contributed by atoms with van der Waals surface area (Å²) in [6.07, 6.45) is 4.60. The van der Waals surface area contributed by atoms with Gasteiger partial charge in [-0.2, -0.15) is 0 Å². The van der Waals surface area contributed by atoms with Gasteiger partial charge in [-0.3, -0.25) is 4.90 Å². The number of likely N-dealkylation sites (N-methyl/N-ethyl adjacent to an activating group) is 1. The van der Waals surface area contributed by atoms with Crippen LogP contribution in [0.1, 0.15) is 32.6 Å². The van der Waals surface area contributed by atoms with Crippen LogP contribution in [0.3, 0.4) is 0 Å². The van der Waals surface area contributed by atoms with Crippen LogP contribution >= 0.6 is 0 Å². The zero-order chi connectivity index (χ0) is 11.3. The molecule has 2 atom stereocenters. The van der Waals surface area contributed by atoms with Gasteiger partial charge in [0, 0.05) is 12.6 Å². The van der Waals surface area contributed by atoms with Gasteiger partial charge < -0.3 is 10.0 Å². The van der Waals surface area contributed by atoms with Crippen molar-refractivity contribution in [1.82, 2.24) is 9.80 Å². The molecule has 15 heavy (non-hydrogen) atoms. The third kappa shape index (κ3) is 4.96. The lowest BCUT2D eigenvalue weighted by molar-refractivity contribution is 0.161. The van der Waals surface area contributed by atoms with Gasteiger partial charge in [-0.1, -0.05) is 0 Å². The molecule has 0 radical (unpaired) electrons. The Bertz CT molecular complexity index is 171. The lowest BCUT2D eigenvalue weighted by Gasteiger charge is -2.27. The van der Waals surface area contributed by atoms with Gasteiger partial charge in [-0.25, -0.2) is 0 Å². The first-order valence-corrected chi connectivity index (χ1v) is 6.16. The van der Waals surface area contributed by atoms with Crippen molar-refractivity contribution in [1.29, 1.82) is 0 Å². The summed E-state index contributed by atoms with van der Waals surface area (Å²) in [4.78, 5) is 4.86. The molecule has 1 heterocycles. The van der Waals surface area contributed by atoms with E-state index in [9.17, 15) is 5.11 Å². The fourth-order valence-electron chi connectivity index (χ4n) is 2.41. The average molecular weight is 214 g/mol. The minimum absolute atomic E-state index is 0.139. The van der Waals surface area contributed by atoms with Gasteiger partial charge in [-0.15, -0.1) is 0 Å². The Hall–Kier alpha value is -0.120. The fourth-order valence-corrected chi connectivity index (χ4v) is 2.41. The highest BCUT2D eigenvalue weighted by molar-refractivity contribution is 4.80. The minimum atomic E-state index is -0.139. The van der Waals surface area contributed by atoms with Crippen LogP contribution in [0.2, 0.25) is 0 Å². The molecule has 0 spiro atoms. The van der Waals surface area contributed by atoms with E-state index in [1.54, 1.807) is 0 Å². The van der Waals surface area contributed by atoms with Crippen molar-refractivity contribution in [3.05, 3.63) is 0 Å². The average Bonchev–Trinajstić information content (AvgIpc) is 2.51. The maximum Gasteiger partial charge on any atom is 0.0512 e. The predicted octanol–water partition coefficient (Wildman–Crippen LogP) is 1.17. The van der Waals surface area contributed by atoms with E-state index >= 15 is 0 Å². The smallest absolute Gasteiger partial charge is 0.0512 e. The van der Waals surface area contributed by atoms with Gasteiger partial charge in [0.15, 0.2) is 0 Å². The number of nitrogens with zero attached hydrogens (tertiary/aromatic N) is 2. The molecule has 3 nitrogen and oxygen atoms in total. The molecule has 0 aromatic rings. The van der Waals surface area contributed by atoms with E-state index in [-0.39, 0.29) is 6.10 Å². The van der Waals surface area contributed by atoms with E-state index < -0.39 is 0 Å². The largest absolute Gasteiger partial charge is 0.393 e. The van der Waals surface area contributed by atoms with Crippen molar-refractivity contribution < 1.29 is 5.11 Å². The molecule has 0 amide bonds. The van der Waals surface area contributed by atoms with Gasteiger partial charge >= 0.3 is 0 Å². The zero-order valence-corrected chi connectivity index (χ0v) is 10.4. The van der Waals surface area contributed by atoms with Crippen LogP contribution in [0.15, 0.2) is 0 Å². The number of hydrogen-bond acceptors (Lipinski definition) is 3. The third-order valence-electron chi connectivity index (χ3n) is 3.14. The lowest BCUT2D eigenvalue weighted by Crippen LogP contribution is -2.38. The van der Waals surface area contributed by atoms with Crippen LogP contribution in [0.5, 0.6) is 0 Å². The second-order valence-corrected chi connectivity index (χ2v) is 5.09. The molecule has 1 saturated heterocycles. The number of aliphatic hydroxyl groups is 1. The first-order valence-electron chi connectivity index (χ1n) is 6.16. The second kappa shape index (κ2) is 6.46. The summed E-state index contributed by atoms with van der Waals surface area (Å²) >= 11 is 0. The van der Waals surface area contributed by atoms with Gasteiger partial charge in [-0.05, 0) is 59.8 Å². The molecule has 90 valence electrons. The van der Waals surface area contributed by atoms with Crippen molar-refractivity contribution in [2.45, 2.75) is 44.8 Å². The first-order chi connectivity index (χ1) is 7.09. The molecule has 1 rings (SSSR count). The Morgan fingerprint density at radius 1 is 1.47 bits per heavy atom. The van der Waals surface area contributed by atoms with E-state index in [0.29, 0.717) is 0 Å². The predicted molar refractivity (Wildman–Crippen MR) is 64.1 cm³/mol. The van der Waals surface area contributed by atoms with E-state index in [2.05, 4.69) is 23.9 Å². The maximum absolute atomic E-state index is 9.21. The minimum Gasteiger partial charge on any atom is -0.393 e. The molecule has 0 saturated carbocycles. The van der Waals surface area contributed by atoms with E-state index in [0.717, 1.165) is 25.4 Å². The van der Waals surface area contributed by atoms with Crippen LogP contribution in [0, 0.1) is 0 Å². The van der Waals surface area contributed by atoms with E-state index in [1.165, 1.54) is 25.9 Å². The lowest BCUT2D eigenvalue weighted by atomic mass is 10.2. The van der Waals surface area contributed by atoms with Crippen LogP contribution < -0.4 is 0 Å². The van der Waals surface area contributed by atoms with Crippen LogP contribution in [-0.2, 0) is 0 Å². The summed E-state index contributed by atoms with van der Waals surface area (Å²) in [7, 11) is 4.29. The molecule has 1 aliphatic rings. The number of aliphatic hydroxyl groups excluding tert-OH is 1. The van der Waals surface area contributed by atoms with E-state index in [1.807, 2.05) is 6.92 Å². The van der Waals surface area contributed by atoms with Crippen molar-refractivity contribution in [2.24, 2.45) is 0 Å². The Labute approximate surface area is 94.1 Å². The molecular formula is C12H26N2O. The molecule has 0 aliphatic carbocycles. The summed E-state index contributed by atoms with van der Waals surface area (Å²) < 4.78 is 0. The summed E-state index contributed by atoms with van der Waals surface area (Å²) in [6, 6.07) is 0.744. The van der Waals surface area contributed by atoms with Crippen LogP contribution in [-0.4, -0.2) is 60.8 Å². The molecule has 0 aromatic heterocycles. The van der Waals surface area contributed by atoms with Gasteiger partial charge in [0.05, 0.1) is 6.10 Å². The van der Waals surface area contributed by atoms with Crippen molar-refractivity contribution in [3.8, 4) is 0 Å². The second-order valence-electron chi connectivity index (χ2n) is 5.09. The highest BCUT2D eigenvalue weighted by Crippen LogP contribution is 2.18. The molecule has 0 aromatic carbocycles. The standard InChI is InChI=1S/C12H26N2O/c1-11(15)6-4-8-14-9-5-7-12(14)10-13(2)3/h11-12,15H,4-10H2,1-3H3. The Kier molecular flexibility index (Phi) is 5.58. The maximum atomic E-state index is 9.21. The van der Waals surface area contributed by atoms with Gasteiger partial charge in [0.1, 0.15) is 0 Å². The van der Waals surface area contributed by atoms with Crippen LogP contribution in [0.25, 0.3) is 0 Å². The van der Waals surface area contributed by atoms with Gasteiger partial charge in [0.2, 0.25) is 0 Å². The monoisotopic (exact) mass is 214 g/mol. The number of likely N-dealkylation sites (tertiary alicyclic amines) is 1. The van der Waals surface area contributed by atoms with Crippen LogP contribution in [0.4, 0.5) is 0 Å². The molecule has 1 fully saturated rings. The summed E-state index contributed by atoms with van der Waals surface area (Å²) in [5.74, 6) is 0. The SMILES string of the molecule is CC(O)CCCN1CCCC1CN(C)C. The van der Waals surface area contributed by atoms with Crippen molar-refractivity contribution in [2.75, 3.05) is 33.7 Å². The van der Waals surface area contributed by atoms with Crippen molar-refractivity contribution in [3.63, 3.8) is 0 Å². The van der Waals surface area contributed by atoms with Crippen molar-refractivity contribution >= 4 is 0 Å². The molecule has 3 heteroatoms. The summed E-state index contributed by atoms with van der Waals surface area (Å²) in [5.41, 5.74) is 0. The highest BCUT2D eigenvalue weighted by Gasteiger charge is 2.24. The number of hydrogen-bond donors (Lipinski definition) is 1. The molecule has 1 aliphatic heterocycles. The highest BCUT2D eigenvalue weighted by atomic mass is 16.3. The normalized spacial score (nSPS) is 25.0. The summed E-state index contributed by atoms with van der Waals surface area (Å²) in [5, 5.41) is 9.21. The molecular weight excluding hydrogens is 188 g/mol. The summed E-state index contributed by atoms with van der Waals surface area (Å²) in [6.45, 7) is 5.46. The number of rotatable bonds is 6. The first kappa shape index (κ1) is 12.9. The Balaban J connectivity index is 2.21. The zero-order valence-electron chi connectivity index (χ0n) is 10.4. The quantitative estimate of drug-likeness (QED) is 0.719. The fraction of sp³-hybridized carbons (Fsp3) is 1.00. The van der Waals surface area contributed by atoms with Gasteiger partial charge in [0.25, 0.3) is 0 Å². The molecule has 0 bridgehead atoms. The topological polar surface area (TPSA) is 26.7 Å². The Morgan fingerprint density at radius 3 is 2.80 bits per heavy atom. The molecule has 2 unspecified atom stereocenters. The van der Waals surface area contributed by atoms with E-state index in [4.69, 9.17) is 0 Å². The third-order valence-corrected chi connectivity index (χ3v) is 3.14.